The van der Waals surface area contributed by atoms with Crippen molar-refractivity contribution in [2.24, 2.45) is 9.49 Å². The summed E-state index contributed by atoms with van der Waals surface area (Å²) in [5, 5.41) is 11.3. The van der Waals surface area contributed by atoms with Crippen LogP contribution >= 0.6 is 14.1 Å². The van der Waals surface area contributed by atoms with Gasteiger partial charge in [0.25, 0.3) is 0 Å². The molecule has 1 atom stereocenters. The van der Waals surface area contributed by atoms with Crippen LogP contribution in [0.4, 0.5) is 11.4 Å². The molecule has 0 saturated carbocycles. The van der Waals surface area contributed by atoms with Crippen molar-refractivity contribution in [2.75, 3.05) is 6.54 Å². The number of nitrogens with one attached hydrogen (secondary N) is 1. The summed E-state index contributed by atoms with van der Waals surface area (Å²) in [6.45, 7) is 3.04. The van der Waals surface area contributed by atoms with E-state index in [1.54, 1.807) is 0 Å². The van der Waals surface area contributed by atoms with Crippen LogP contribution in [0.25, 0.3) is 0 Å². The van der Waals surface area contributed by atoms with Crippen LogP contribution in [0.3, 0.4) is 0 Å². The van der Waals surface area contributed by atoms with E-state index in [-0.39, 0.29) is 6.04 Å². The van der Waals surface area contributed by atoms with E-state index in [0.717, 1.165) is 24.3 Å². The van der Waals surface area contributed by atoms with Crippen molar-refractivity contribution < 1.29 is 0 Å². The summed E-state index contributed by atoms with van der Waals surface area (Å²) in [7, 11) is -4.84. The molecule has 5 heteroatoms. The summed E-state index contributed by atoms with van der Waals surface area (Å²) in [4.78, 5) is 0. The summed E-state index contributed by atoms with van der Waals surface area (Å²) < 4.78 is 11.8. The monoisotopic (exact) mass is 775 g/mol. The maximum Gasteiger partial charge on any atom is 0.0672 e. The van der Waals surface area contributed by atoms with Crippen LogP contribution in [0.15, 0.2) is 240 Å². The Hall–Kier alpha value is -5.82. The summed E-state index contributed by atoms with van der Waals surface area (Å²) in [6, 6.07) is 82.5. The van der Waals surface area contributed by atoms with Gasteiger partial charge >= 0.3 is 0 Å². The van der Waals surface area contributed by atoms with Gasteiger partial charge in [-0.3, -0.25) is 9.49 Å². The van der Waals surface area contributed by atoms with Gasteiger partial charge in [-0.1, -0.05) is 218 Å². The van der Waals surface area contributed by atoms with Gasteiger partial charge in [-0.25, -0.2) is 0 Å². The zero-order valence-corrected chi connectivity index (χ0v) is 34.0. The number of nitrogens with zero attached hydrogens (tertiary/aromatic N) is 2. The van der Waals surface area contributed by atoms with Crippen LogP contribution < -0.4 is 37.1 Å². The second-order valence-corrected chi connectivity index (χ2v) is 20.1. The Kier molecular flexibility index (Phi) is 12.0. The van der Waals surface area contributed by atoms with Crippen molar-refractivity contribution in [3.05, 3.63) is 242 Å². The van der Waals surface area contributed by atoms with Gasteiger partial charge in [0, 0.05) is 37.9 Å². The van der Waals surface area contributed by atoms with Crippen LogP contribution in [0, 0.1) is 0 Å². The van der Waals surface area contributed by atoms with Gasteiger partial charge in [0.05, 0.1) is 25.5 Å². The maximum absolute atomic E-state index is 5.89. The summed E-state index contributed by atoms with van der Waals surface area (Å²) in [5.41, 5.74) is 4.46. The molecule has 0 saturated heterocycles. The molecule has 0 aliphatic heterocycles. The number of rotatable bonds is 13. The second-order valence-electron chi connectivity index (χ2n) is 14.1. The van der Waals surface area contributed by atoms with Gasteiger partial charge in [0.15, 0.2) is 0 Å². The van der Waals surface area contributed by atoms with E-state index >= 15 is 0 Å². The largest absolute Gasteiger partial charge is 0.310 e. The van der Waals surface area contributed by atoms with Crippen LogP contribution in [-0.2, 0) is 6.42 Å². The molecular weight excluding hydrogens is 729 g/mol. The zero-order valence-electron chi connectivity index (χ0n) is 32.2. The molecule has 3 nitrogen and oxygen atoms in total. The van der Waals surface area contributed by atoms with Crippen molar-refractivity contribution in [2.45, 2.75) is 19.4 Å². The Bertz CT molecular complexity index is 2410. The van der Waals surface area contributed by atoms with Crippen molar-refractivity contribution in [1.82, 2.24) is 5.32 Å². The Morgan fingerprint density at radius 3 is 1.05 bits per heavy atom. The minimum absolute atomic E-state index is 0.0582. The van der Waals surface area contributed by atoms with E-state index in [9.17, 15) is 0 Å². The predicted molar refractivity (Wildman–Crippen MR) is 247 cm³/mol. The van der Waals surface area contributed by atoms with Crippen LogP contribution in [0.1, 0.15) is 24.1 Å². The maximum atomic E-state index is 5.89. The van der Waals surface area contributed by atoms with Crippen LogP contribution in [0.5, 0.6) is 0 Å². The highest BCUT2D eigenvalue weighted by Crippen LogP contribution is 2.51. The van der Waals surface area contributed by atoms with Crippen molar-refractivity contribution >= 4 is 57.3 Å². The number of benzene rings is 8. The Morgan fingerprint density at radius 2 is 0.667 bits per heavy atom. The minimum atomic E-state index is -2.43. The normalized spacial score (nSPS) is 12.1. The second kappa shape index (κ2) is 18.0. The van der Waals surface area contributed by atoms with Crippen molar-refractivity contribution in [3.63, 3.8) is 0 Å². The topological polar surface area (TPSA) is 36.8 Å². The fourth-order valence-electron chi connectivity index (χ4n) is 7.72. The van der Waals surface area contributed by atoms with E-state index in [1.807, 2.05) is 0 Å². The standard InChI is InChI=1S/C52H47N3P2/c1-42(50-37-21-23-39-52(50)55-57(47-31-14-5-15-32-47,48-33-16-6-17-34-48)49-35-18-7-19-36-49)53-41-40-43-24-20-22-38-51(43)54-56(44-25-8-2-9-26-44,45-27-10-3-11-28-45)46-29-12-4-13-30-46/h2-39,42,53H,40-41H2,1H3. The summed E-state index contributed by atoms with van der Waals surface area (Å²) >= 11 is 0. The lowest BCUT2D eigenvalue weighted by Gasteiger charge is -2.28. The lowest BCUT2D eigenvalue weighted by atomic mass is 10.1. The molecule has 280 valence electrons. The molecule has 0 bridgehead atoms. The highest BCUT2D eigenvalue weighted by Gasteiger charge is 2.29. The molecule has 8 rings (SSSR count). The molecule has 57 heavy (non-hydrogen) atoms. The Labute approximate surface area is 338 Å². The molecule has 1 N–H and O–H groups in total. The molecule has 0 aromatic heterocycles. The van der Waals surface area contributed by atoms with Gasteiger partial charge < -0.3 is 5.32 Å². The van der Waals surface area contributed by atoms with E-state index in [1.165, 1.54) is 43.0 Å². The first-order valence-corrected chi connectivity index (χ1v) is 23.2. The molecule has 0 aliphatic rings. The third-order valence-electron chi connectivity index (χ3n) is 10.5. The van der Waals surface area contributed by atoms with Gasteiger partial charge in [0.1, 0.15) is 0 Å². The third-order valence-corrected chi connectivity index (χ3v) is 17.8. The summed E-state index contributed by atoms with van der Waals surface area (Å²) in [6.07, 6.45) is 0.830. The molecule has 0 amide bonds. The highest BCUT2D eigenvalue weighted by molar-refractivity contribution is 7.88. The van der Waals surface area contributed by atoms with E-state index in [2.05, 4.69) is 243 Å². The average Bonchev–Trinajstić information content (AvgIpc) is 3.30. The average molecular weight is 776 g/mol. The zero-order chi connectivity index (χ0) is 38.8. The minimum Gasteiger partial charge on any atom is -0.310 e. The van der Waals surface area contributed by atoms with E-state index < -0.39 is 14.1 Å². The molecule has 0 aliphatic carbocycles. The molecule has 8 aromatic rings. The van der Waals surface area contributed by atoms with Gasteiger partial charge in [-0.2, -0.15) is 0 Å². The third kappa shape index (κ3) is 8.06. The van der Waals surface area contributed by atoms with E-state index in [4.69, 9.17) is 9.49 Å². The molecule has 0 spiro atoms. The SMILES string of the molecule is CC(NCCc1ccccc1N=P(c1ccccc1)(c1ccccc1)c1ccccc1)c1ccccc1N=P(c1ccccc1)(c1ccccc1)c1ccccc1. The van der Waals surface area contributed by atoms with Crippen LogP contribution in [0.2, 0.25) is 0 Å². The number of hydrogen-bond donors (Lipinski definition) is 1. The Balaban J connectivity index is 1.16. The van der Waals surface area contributed by atoms with E-state index in [0.29, 0.717) is 0 Å². The number of hydrogen-bond acceptors (Lipinski definition) is 3. The lowest BCUT2D eigenvalue weighted by Crippen LogP contribution is -2.25. The molecular formula is C52H47N3P2. The van der Waals surface area contributed by atoms with Crippen molar-refractivity contribution in [1.29, 1.82) is 0 Å². The molecule has 0 heterocycles. The summed E-state index contributed by atoms with van der Waals surface area (Å²) in [5.74, 6) is 0. The highest BCUT2D eigenvalue weighted by atomic mass is 31.2. The van der Waals surface area contributed by atoms with Crippen LogP contribution in [-0.4, -0.2) is 6.54 Å². The smallest absolute Gasteiger partial charge is 0.0672 e. The van der Waals surface area contributed by atoms with Gasteiger partial charge in [0.2, 0.25) is 0 Å². The molecule has 8 aromatic carbocycles. The quantitative estimate of drug-likeness (QED) is 0.116. The fourth-order valence-corrected chi connectivity index (χ4v) is 14.9. The van der Waals surface area contributed by atoms with Gasteiger partial charge in [-0.05, 0) is 43.1 Å². The Morgan fingerprint density at radius 1 is 0.368 bits per heavy atom. The first-order chi connectivity index (χ1) is 28.2. The molecule has 0 fully saturated rings. The lowest BCUT2D eigenvalue weighted by molar-refractivity contribution is 0.578. The van der Waals surface area contributed by atoms with Gasteiger partial charge in [-0.15, -0.1) is 0 Å². The molecule has 1 unspecified atom stereocenters. The predicted octanol–water partition coefficient (Wildman–Crippen LogP) is 11.2. The molecule has 0 radical (unpaired) electrons. The fraction of sp³-hybridized carbons (Fsp3) is 0.0769. The first-order valence-electron chi connectivity index (χ1n) is 19.7. The first kappa shape index (κ1) is 38.1. The van der Waals surface area contributed by atoms with Crippen molar-refractivity contribution in [3.8, 4) is 0 Å².